The van der Waals surface area contributed by atoms with Crippen molar-refractivity contribution in [3.05, 3.63) is 47.0 Å². The fourth-order valence-electron chi connectivity index (χ4n) is 1.87. The molecule has 0 radical (unpaired) electrons. The van der Waals surface area contributed by atoms with Crippen molar-refractivity contribution in [3.8, 4) is 11.5 Å². The van der Waals surface area contributed by atoms with E-state index >= 15 is 0 Å². The Balaban J connectivity index is 2.31. The Morgan fingerprint density at radius 1 is 1.14 bits per heavy atom. The third kappa shape index (κ3) is 3.66. The predicted octanol–water partition coefficient (Wildman–Crippen LogP) is 2.92. The summed E-state index contributed by atoms with van der Waals surface area (Å²) in [7, 11) is -3.84. The van der Waals surface area contributed by atoms with Crippen molar-refractivity contribution in [2.24, 2.45) is 5.14 Å². The molecule has 7 heteroatoms. The van der Waals surface area contributed by atoms with Crippen LogP contribution in [0.15, 0.2) is 41.3 Å². The predicted molar refractivity (Wildman–Crippen MR) is 83.1 cm³/mol. The Bertz CT molecular complexity index is 776. The lowest BCUT2D eigenvalue weighted by molar-refractivity contribution is 0.482. The van der Waals surface area contributed by atoms with E-state index in [0.29, 0.717) is 16.5 Å². The van der Waals surface area contributed by atoms with Gasteiger partial charge < -0.3 is 10.5 Å². The SMILES string of the molecule is CCc1cc(Oc2ccc(S(N)(=O)=O)c(N)c2)ccc1Cl. The Hall–Kier alpha value is -1.76. The standard InChI is InChI=1S/C14H15ClN2O3S/c1-2-9-7-10(3-5-12(9)15)20-11-4-6-14(13(16)8-11)21(17,18)19/h3-8H,2,16H2,1H3,(H2,17,18,19). The van der Waals surface area contributed by atoms with Crippen LogP contribution < -0.4 is 15.6 Å². The number of nitrogen functional groups attached to an aromatic ring is 1. The lowest BCUT2D eigenvalue weighted by atomic mass is 10.1. The van der Waals surface area contributed by atoms with E-state index in [4.69, 9.17) is 27.2 Å². The minimum absolute atomic E-state index is 0.0414. The van der Waals surface area contributed by atoms with Crippen molar-refractivity contribution in [3.63, 3.8) is 0 Å². The molecule has 0 atom stereocenters. The van der Waals surface area contributed by atoms with Crippen LogP contribution in [0.1, 0.15) is 12.5 Å². The summed E-state index contributed by atoms with van der Waals surface area (Å²) in [4.78, 5) is -0.125. The molecular weight excluding hydrogens is 312 g/mol. The maximum absolute atomic E-state index is 11.3. The van der Waals surface area contributed by atoms with Crippen LogP contribution >= 0.6 is 11.6 Å². The topological polar surface area (TPSA) is 95.4 Å². The summed E-state index contributed by atoms with van der Waals surface area (Å²) >= 11 is 6.04. The molecule has 0 heterocycles. The zero-order valence-corrected chi connectivity index (χ0v) is 12.9. The molecule has 5 nitrogen and oxygen atoms in total. The summed E-state index contributed by atoms with van der Waals surface area (Å²) in [6.07, 6.45) is 0.780. The van der Waals surface area contributed by atoms with E-state index < -0.39 is 10.0 Å². The summed E-state index contributed by atoms with van der Waals surface area (Å²) in [6, 6.07) is 9.53. The average Bonchev–Trinajstić information content (AvgIpc) is 2.39. The maximum atomic E-state index is 11.3. The Labute approximate surface area is 128 Å². The number of rotatable bonds is 4. The molecule has 2 aromatic rings. The highest BCUT2D eigenvalue weighted by molar-refractivity contribution is 7.89. The molecule has 0 aliphatic heterocycles. The molecule has 4 N–H and O–H groups in total. The molecule has 0 saturated carbocycles. The molecule has 0 aliphatic rings. The molecule has 21 heavy (non-hydrogen) atoms. The molecule has 0 aromatic heterocycles. The number of benzene rings is 2. The molecule has 0 aliphatic carbocycles. The van der Waals surface area contributed by atoms with Gasteiger partial charge in [0, 0.05) is 11.1 Å². The number of hydrogen-bond donors (Lipinski definition) is 2. The molecule has 0 spiro atoms. The largest absolute Gasteiger partial charge is 0.457 e. The van der Waals surface area contributed by atoms with E-state index in [0.717, 1.165) is 12.0 Å². The molecule has 2 rings (SSSR count). The van der Waals surface area contributed by atoms with Gasteiger partial charge in [-0.3, -0.25) is 0 Å². The van der Waals surface area contributed by atoms with Gasteiger partial charge in [0.1, 0.15) is 16.4 Å². The Morgan fingerprint density at radius 3 is 2.33 bits per heavy atom. The Morgan fingerprint density at radius 2 is 1.76 bits per heavy atom. The zero-order valence-electron chi connectivity index (χ0n) is 11.3. The summed E-state index contributed by atoms with van der Waals surface area (Å²) in [5.74, 6) is 1.02. The van der Waals surface area contributed by atoms with E-state index in [1.165, 1.54) is 18.2 Å². The molecular formula is C14H15ClN2O3S. The third-order valence-corrected chi connectivity index (χ3v) is 4.28. The minimum atomic E-state index is -3.84. The first kappa shape index (κ1) is 15.6. The van der Waals surface area contributed by atoms with Gasteiger partial charge in [0.2, 0.25) is 10.0 Å². The molecule has 112 valence electrons. The number of hydrogen-bond acceptors (Lipinski definition) is 4. The summed E-state index contributed by atoms with van der Waals surface area (Å²) in [6.45, 7) is 1.99. The monoisotopic (exact) mass is 326 g/mol. The quantitative estimate of drug-likeness (QED) is 0.844. The van der Waals surface area contributed by atoms with Gasteiger partial charge in [-0.25, -0.2) is 13.6 Å². The van der Waals surface area contributed by atoms with Gasteiger partial charge in [-0.2, -0.15) is 0 Å². The highest BCUT2D eigenvalue weighted by Gasteiger charge is 2.13. The van der Waals surface area contributed by atoms with Crippen molar-refractivity contribution in [2.75, 3.05) is 5.73 Å². The van der Waals surface area contributed by atoms with E-state index in [1.54, 1.807) is 12.1 Å². The van der Waals surface area contributed by atoms with E-state index in [9.17, 15) is 8.42 Å². The van der Waals surface area contributed by atoms with Gasteiger partial charge >= 0.3 is 0 Å². The highest BCUT2D eigenvalue weighted by Crippen LogP contribution is 2.29. The minimum Gasteiger partial charge on any atom is -0.457 e. The third-order valence-electron chi connectivity index (χ3n) is 2.92. The second-order valence-electron chi connectivity index (χ2n) is 4.45. The second kappa shape index (κ2) is 5.93. The van der Waals surface area contributed by atoms with Crippen molar-refractivity contribution in [1.82, 2.24) is 0 Å². The van der Waals surface area contributed by atoms with Crippen LogP contribution in [0.4, 0.5) is 5.69 Å². The number of nitrogens with two attached hydrogens (primary N) is 2. The lowest BCUT2D eigenvalue weighted by Gasteiger charge is -2.10. The first-order valence-electron chi connectivity index (χ1n) is 6.20. The fraction of sp³-hybridized carbons (Fsp3) is 0.143. The molecule has 0 fully saturated rings. The van der Waals surface area contributed by atoms with Gasteiger partial charge in [0.15, 0.2) is 0 Å². The van der Waals surface area contributed by atoms with Crippen LogP contribution in [0, 0.1) is 0 Å². The molecule has 2 aromatic carbocycles. The van der Waals surface area contributed by atoms with Crippen LogP contribution in [0.25, 0.3) is 0 Å². The van der Waals surface area contributed by atoms with Crippen LogP contribution in [0.3, 0.4) is 0 Å². The van der Waals surface area contributed by atoms with Crippen molar-refractivity contribution in [2.45, 2.75) is 18.2 Å². The second-order valence-corrected chi connectivity index (χ2v) is 6.39. The number of anilines is 1. The van der Waals surface area contributed by atoms with E-state index in [-0.39, 0.29) is 10.6 Å². The molecule has 0 amide bonds. The van der Waals surface area contributed by atoms with Crippen LogP contribution in [-0.4, -0.2) is 8.42 Å². The fourth-order valence-corrected chi connectivity index (χ4v) is 2.77. The number of aryl methyl sites for hydroxylation is 1. The highest BCUT2D eigenvalue weighted by atomic mass is 35.5. The van der Waals surface area contributed by atoms with Crippen molar-refractivity contribution >= 4 is 27.3 Å². The first-order chi connectivity index (χ1) is 9.81. The van der Waals surface area contributed by atoms with Gasteiger partial charge in [0.25, 0.3) is 0 Å². The van der Waals surface area contributed by atoms with Crippen LogP contribution in [0.5, 0.6) is 11.5 Å². The number of ether oxygens (including phenoxy) is 1. The van der Waals surface area contributed by atoms with E-state index in [1.807, 2.05) is 13.0 Å². The Kier molecular flexibility index (Phi) is 4.41. The summed E-state index contributed by atoms with van der Waals surface area (Å²) < 4.78 is 28.2. The van der Waals surface area contributed by atoms with Crippen LogP contribution in [-0.2, 0) is 16.4 Å². The van der Waals surface area contributed by atoms with Crippen molar-refractivity contribution < 1.29 is 13.2 Å². The normalized spacial score (nSPS) is 11.4. The van der Waals surface area contributed by atoms with Gasteiger partial charge in [-0.15, -0.1) is 0 Å². The van der Waals surface area contributed by atoms with Crippen LogP contribution in [0.2, 0.25) is 5.02 Å². The van der Waals surface area contributed by atoms with Crippen molar-refractivity contribution in [1.29, 1.82) is 0 Å². The summed E-state index contributed by atoms with van der Waals surface area (Å²) in [5, 5.41) is 5.73. The maximum Gasteiger partial charge on any atom is 0.240 e. The molecule has 0 bridgehead atoms. The van der Waals surface area contributed by atoms with Gasteiger partial charge in [-0.05, 0) is 42.3 Å². The molecule has 0 saturated heterocycles. The average molecular weight is 327 g/mol. The number of sulfonamides is 1. The first-order valence-corrected chi connectivity index (χ1v) is 8.12. The van der Waals surface area contributed by atoms with Gasteiger partial charge in [0.05, 0.1) is 5.69 Å². The van der Waals surface area contributed by atoms with E-state index in [2.05, 4.69) is 0 Å². The van der Waals surface area contributed by atoms with Gasteiger partial charge in [-0.1, -0.05) is 18.5 Å². The number of primary sulfonamides is 1. The number of halogens is 1. The molecule has 0 unspecified atom stereocenters. The lowest BCUT2D eigenvalue weighted by Crippen LogP contribution is -2.14. The summed E-state index contributed by atoms with van der Waals surface area (Å²) in [5.41, 5.74) is 6.68. The smallest absolute Gasteiger partial charge is 0.240 e. The zero-order chi connectivity index (χ0) is 15.6.